The highest BCUT2D eigenvalue weighted by Gasteiger charge is 2.22. The van der Waals surface area contributed by atoms with Crippen molar-refractivity contribution >= 4 is 33.4 Å². The summed E-state index contributed by atoms with van der Waals surface area (Å²) < 4.78 is 6.96. The third-order valence-electron chi connectivity index (χ3n) is 3.40. The van der Waals surface area contributed by atoms with Gasteiger partial charge in [-0.05, 0) is 42.7 Å². The van der Waals surface area contributed by atoms with Crippen molar-refractivity contribution in [2.45, 2.75) is 23.5 Å². The van der Waals surface area contributed by atoms with Crippen LogP contribution < -0.4 is 10.5 Å². The lowest BCUT2D eigenvalue weighted by molar-refractivity contribution is 0.317. The van der Waals surface area contributed by atoms with Crippen LogP contribution in [0.2, 0.25) is 0 Å². The number of nitrogen functional groups attached to an aromatic ring is 1. The van der Waals surface area contributed by atoms with Crippen LogP contribution in [0.15, 0.2) is 45.8 Å². The van der Waals surface area contributed by atoms with Gasteiger partial charge in [-0.15, -0.1) is 11.8 Å². The van der Waals surface area contributed by atoms with Crippen LogP contribution in [0.3, 0.4) is 0 Å². The SMILES string of the molecule is Cc1cc(Br)cc(N)c1OCC1Cc2ccccc2S1. The molecule has 20 heavy (non-hydrogen) atoms. The third kappa shape index (κ3) is 2.81. The third-order valence-corrected chi connectivity index (χ3v) is 5.14. The molecule has 2 N–H and O–H groups in total. The highest BCUT2D eigenvalue weighted by atomic mass is 79.9. The number of nitrogens with two attached hydrogens (primary N) is 1. The number of hydrogen-bond acceptors (Lipinski definition) is 3. The van der Waals surface area contributed by atoms with Crippen LogP contribution in [0.25, 0.3) is 0 Å². The van der Waals surface area contributed by atoms with E-state index >= 15 is 0 Å². The molecule has 0 bridgehead atoms. The maximum absolute atomic E-state index is 6.03. The second-order valence-electron chi connectivity index (χ2n) is 5.00. The lowest BCUT2D eigenvalue weighted by Gasteiger charge is -2.15. The monoisotopic (exact) mass is 349 g/mol. The van der Waals surface area contributed by atoms with E-state index in [9.17, 15) is 0 Å². The number of benzene rings is 2. The molecule has 1 aliphatic heterocycles. The van der Waals surface area contributed by atoms with Gasteiger partial charge in [0.05, 0.1) is 5.69 Å². The second kappa shape index (κ2) is 5.70. The molecule has 4 heteroatoms. The summed E-state index contributed by atoms with van der Waals surface area (Å²) in [5.41, 5.74) is 9.21. The van der Waals surface area contributed by atoms with E-state index in [1.165, 1.54) is 10.5 Å². The Balaban J connectivity index is 1.67. The Bertz CT molecular complexity index is 596. The molecule has 2 aromatic rings. The topological polar surface area (TPSA) is 35.2 Å². The second-order valence-corrected chi connectivity index (χ2v) is 7.26. The zero-order valence-corrected chi connectivity index (χ0v) is 13.6. The molecule has 0 radical (unpaired) electrons. The minimum atomic E-state index is 0.467. The van der Waals surface area contributed by atoms with E-state index in [4.69, 9.17) is 10.5 Å². The number of anilines is 1. The van der Waals surface area contributed by atoms with E-state index in [0.29, 0.717) is 17.5 Å². The molecule has 104 valence electrons. The molecule has 1 atom stereocenters. The quantitative estimate of drug-likeness (QED) is 0.832. The average Bonchev–Trinajstić information content (AvgIpc) is 2.80. The first-order valence-electron chi connectivity index (χ1n) is 6.56. The first-order chi connectivity index (χ1) is 9.63. The molecule has 0 aromatic heterocycles. The summed E-state index contributed by atoms with van der Waals surface area (Å²) >= 11 is 5.34. The Morgan fingerprint density at radius 3 is 2.90 bits per heavy atom. The van der Waals surface area contributed by atoms with E-state index < -0.39 is 0 Å². The number of fused-ring (bicyclic) bond motifs is 1. The average molecular weight is 350 g/mol. The van der Waals surface area contributed by atoms with Crippen molar-refractivity contribution in [3.05, 3.63) is 52.0 Å². The maximum Gasteiger partial charge on any atom is 0.145 e. The molecule has 1 heterocycles. The summed E-state index contributed by atoms with van der Waals surface area (Å²) in [6, 6.07) is 12.5. The van der Waals surface area contributed by atoms with Crippen molar-refractivity contribution in [3.63, 3.8) is 0 Å². The van der Waals surface area contributed by atoms with Crippen molar-refractivity contribution in [1.29, 1.82) is 0 Å². The summed E-state index contributed by atoms with van der Waals surface area (Å²) in [7, 11) is 0. The number of thioether (sulfide) groups is 1. The van der Waals surface area contributed by atoms with Crippen molar-refractivity contribution in [2.24, 2.45) is 0 Å². The van der Waals surface area contributed by atoms with Crippen LogP contribution in [-0.4, -0.2) is 11.9 Å². The van der Waals surface area contributed by atoms with E-state index in [1.807, 2.05) is 30.8 Å². The normalized spacial score (nSPS) is 17.0. The zero-order chi connectivity index (χ0) is 14.1. The van der Waals surface area contributed by atoms with Crippen LogP contribution in [0.4, 0.5) is 5.69 Å². The number of ether oxygens (including phenoxy) is 1. The van der Waals surface area contributed by atoms with Gasteiger partial charge in [-0.1, -0.05) is 34.1 Å². The number of hydrogen-bond donors (Lipinski definition) is 1. The highest BCUT2D eigenvalue weighted by Crippen LogP contribution is 2.38. The minimum Gasteiger partial charge on any atom is -0.490 e. The van der Waals surface area contributed by atoms with Crippen molar-refractivity contribution < 1.29 is 4.74 Å². The molecule has 0 spiro atoms. The van der Waals surface area contributed by atoms with Crippen LogP contribution >= 0.6 is 27.7 Å². The predicted octanol–water partition coefficient (Wildman–Crippen LogP) is 4.44. The molecule has 0 amide bonds. The molecule has 3 rings (SSSR count). The van der Waals surface area contributed by atoms with Gasteiger partial charge in [0.1, 0.15) is 12.4 Å². The molecular weight excluding hydrogens is 334 g/mol. The first kappa shape index (κ1) is 13.8. The largest absolute Gasteiger partial charge is 0.490 e. The van der Waals surface area contributed by atoms with Crippen LogP contribution in [-0.2, 0) is 6.42 Å². The fourth-order valence-corrected chi connectivity index (χ4v) is 4.28. The summed E-state index contributed by atoms with van der Waals surface area (Å²) in [4.78, 5) is 1.38. The summed E-state index contributed by atoms with van der Waals surface area (Å²) in [5, 5.41) is 0.467. The van der Waals surface area contributed by atoms with Gasteiger partial charge >= 0.3 is 0 Å². The van der Waals surface area contributed by atoms with E-state index in [2.05, 4.69) is 40.2 Å². The molecule has 0 saturated carbocycles. The van der Waals surface area contributed by atoms with Gasteiger partial charge in [0, 0.05) is 14.6 Å². The van der Waals surface area contributed by atoms with Crippen molar-refractivity contribution in [3.8, 4) is 5.75 Å². The van der Waals surface area contributed by atoms with Crippen molar-refractivity contribution in [2.75, 3.05) is 12.3 Å². The summed E-state index contributed by atoms with van der Waals surface area (Å²) in [6.45, 7) is 2.71. The fourth-order valence-electron chi connectivity index (χ4n) is 2.48. The summed E-state index contributed by atoms with van der Waals surface area (Å²) in [5.74, 6) is 0.810. The van der Waals surface area contributed by atoms with Crippen LogP contribution in [0.1, 0.15) is 11.1 Å². The van der Waals surface area contributed by atoms with E-state index in [1.54, 1.807) is 0 Å². The van der Waals surface area contributed by atoms with Crippen molar-refractivity contribution in [1.82, 2.24) is 0 Å². The van der Waals surface area contributed by atoms with Gasteiger partial charge in [0.15, 0.2) is 0 Å². The molecule has 1 unspecified atom stereocenters. The minimum absolute atomic E-state index is 0.467. The van der Waals surface area contributed by atoms with Gasteiger partial charge in [-0.3, -0.25) is 0 Å². The Hall–Kier alpha value is -1.13. The Kier molecular flexibility index (Phi) is 3.94. The molecule has 0 fully saturated rings. The Morgan fingerprint density at radius 2 is 2.15 bits per heavy atom. The van der Waals surface area contributed by atoms with E-state index in [-0.39, 0.29) is 0 Å². The van der Waals surface area contributed by atoms with Crippen LogP contribution in [0.5, 0.6) is 5.75 Å². The smallest absolute Gasteiger partial charge is 0.145 e. The maximum atomic E-state index is 6.03. The lowest BCUT2D eigenvalue weighted by atomic mass is 10.1. The zero-order valence-electron chi connectivity index (χ0n) is 11.2. The predicted molar refractivity (Wildman–Crippen MR) is 88.6 cm³/mol. The van der Waals surface area contributed by atoms with Crippen LogP contribution in [0, 0.1) is 6.92 Å². The van der Waals surface area contributed by atoms with Gasteiger partial charge in [0.25, 0.3) is 0 Å². The van der Waals surface area contributed by atoms with Gasteiger partial charge in [-0.2, -0.15) is 0 Å². The molecular formula is C16H16BrNOS. The van der Waals surface area contributed by atoms with Gasteiger partial charge < -0.3 is 10.5 Å². The number of halogens is 1. The molecule has 2 aromatic carbocycles. The van der Waals surface area contributed by atoms with E-state index in [0.717, 1.165) is 22.2 Å². The number of rotatable bonds is 3. The fraction of sp³-hybridized carbons (Fsp3) is 0.250. The lowest BCUT2D eigenvalue weighted by Crippen LogP contribution is -2.14. The summed E-state index contributed by atoms with van der Waals surface area (Å²) in [6.07, 6.45) is 1.07. The van der Waals surface area contributed by atoms with Gasteiger partial charge in [0.2, 0.25) is 0 Å². The molecule has 0 saturated heterocycles. The first-order valence-corrected chi connectivity index (χ1v) is 8.24. The Labute approximate surface area is 131 Å². The number of aryl methyl sites for hydroxylation is 1. The molecule has 0 aliphatic carbocycles. The standard InChI is InChI=1S/C16H16BrNOS/c1-10-6-12(17)8-14(18)16(10)19-9-13-7-11-4-2-3-5-15(11)20-13/h2-6,8,13H,7,9,18H2,1H3. The molecule has 2 nitrogen and oxygen atoms in total. The highest BCUT2D eigenvalue weighted by molar-refractivity contribution is 9.10. The Morgan fingerprint density at radius 1 is 1.35 bits per heavy atom. The molecule has 1 aliphatic rings. The van der Waals surface area contributed by atoms with Gasteiger partial charge in [-0.25, -0.2) is 0 Å².